The SMILES string of the molecule is O=C(NC1CC1)C1CC1C(=O)N1CCC(Cc2ccccc2)CC1. The van der Waals surface area contributed by atoms with Crippen LogP contribution < -0.4 is 5.32 Å². The number of nitrogens with zero attached hydrogens (tertiary/aromatic N) is 1. The van der Waals surface area contributed by atoms with Crippen molar-refractivity contribution in [1.29, 1.82) is 0 Å². The van der Waals surface area contributed by atoms with Crippen LogP contribution in [-0.2, 0) is 16.0 Å². The van der Waals surface area contributed by atoms with Gasteiger partial charge in [0.1, 0.15) is 0 Å². The van der Waals surface area contributed by atoms with Crippen molar-refractivity contribution < 1.29 is 9.59 Å². The largest absolute Gasteiger partial charge is 0.353 e. The van der Waals surface area contributed by atoms with Gasteiger partial charge in [-0.1, -0.05) is 30.3 Å². The molecule has 3 aliphatic rings. The fraction of sp³-hybridized carbons (Fsp3) is 0.600. The molecule has 1 aromatic rings. The molecule has 128 valence electrons. The molecule has 4 heteroatoms. The molecule has 0 radical (unpaired) electrons. The summed E-state index contributed by atoms with van der Waals surface area (Å²) < 4.78 is 0. The number of carbonyl (C=O) groups is 2. The van der Waals surface area contributed by atoms with Crippen molar-refractivity contribution in [2.45, 2.75) is 44.6 Å². The Morgan fingerprint density at radius 1 is 1.00 bits per heavy atom. The van der Waals surface area contributed by atoms with Crippen LogP contribution in [0.5, 0.6) is 0 Å². The highest BCUT2D eigenvalue weighted by Gasteiger charge is 2.50. The molecule has 4 nitrogen and oxygen atoms in total. The molecule has 4 rings (SSSR count). The van der Waals surface area contributed by atoms with Gasteiger partial charge in [0, 0.05) is 19.1 Å². The number of benzene rings is 1. The third-order valence-electron chi connectivity index (χ3n) is 5.66. The molecular formula is C20H26N2O2. The van der Waals surface area contributed by atoms with Crippen LogP contribution >= 0.6 is 0 Å². The molecule has 24 heavy (non-hydrogen) atoms. The Balaban J connectivity index is 1.22. The lowest BCUT2D eigenvalue weighted by molar-refractivity contribution is -0.136. The Labute approximate surface area is 143 Å². The number of hydrogen-bond donors (Lipinski definition) is 1. The minimum atomic E-state index is -0.0554. The van der Waals surface area contributed by atoms with Crippen molar-refractivity contribution in [2.24, 2.45) is 17.8 Å². The first kappa shape index (κ1) is 15.7. The van der Waals surface area contributed by atoms with E-state index in [0.717, 1.165) is 51.6 Å². The molecule has 2 unspecified atom stereocenters. The predicted molar refractivity (Wildman–Crippen MR) is 92.2 cm³/mol. The van der Waals surface area contributed by atoms with E-state index in [1.807, 2.05) is 4.90 Å². The molecule has 0 bridgehead atoms. The third-order valence-corrected chi connectivity index (χ3v) is 5.66. The molecule has 1 saturated heterocycles. The van der Waals surface area contributed by atoms with Gasteiger partial charge in [-0.2, -0.15) is 0 Å². The monoisotopic (exact) mass is 326 g/mol. The van der Waals surface area contributed by atoms with E-state index in [4.69, 9.17) is 0 Å². The molecule has 1 heterocycles. The van der Waals surface area contributed by atoms with Crippen molar-refractivity contribution in [3.8, 4) is 0 Å². The van der Waals surface area contributed by atoms with E-state index in [2.05, 4.69) is 35.6 Å². The lowest BCUT2D eigenvalue weighted by Gasteiger charge is -2.32. The second-order valence-electron chi connectivity index (χ2n) is 7.69. The number of rotatable bonds is 5. The molecule has 3 fully saturated rings. The van der Waals surface area contributed by atoms with Gasteiger partial charge in [-0.25, -0.2) is 0 Å². The first-order valence-corrected chi connectivity index (χ1v) is 9.34. The molecule has 2 saturated carbocycles. The molecule has 1 N–H and O–H groups in total. The molecule has 1 aromatic carbocycles. The number of hydrogen-bond acceptors (Lipinski definition) is 2. The summed E-state index contributed by atoms with van der Waals surface area (Å²) in [6, 6.07) is 11.0. The zero-order valence-corrected chi connectivity index (χ0v) is 14.1. The van der Waals surface area contributed by atoms with Gasteiger partial charge >= 0.3 is 0 Å². The zero-order valence-electron chi connectivity index (χ0n) is 14.1. The Kier molecular flexibility index (Phi) is 4.30. The molecule has 2 amide bonds. The summed E-state index contributed by atoms with van der Waals surface area (Å²) in [7, 11) is 0. The fourth-order valence-corrected chi connectivity index (χ4v) is 3.83. The summed E-state index contributed by atoms with van der Waals surface area (Å²) in [5, 5.41) is 3.03. The van der Waals surface area contributed by atoms with Crippen LogP contribution in [0.25, 0.3) is 0 Å². The lowest BCUT2D eigenvalue weighted by Crippen LogP contribution is -2.40. The summed E-state index contributed by atoms with van der Waals surface area (Å²) in [4.78, 5) is 26.6. The highest BCUT2D eigenvalue weighted by Crippen LogP contribution is 2.41. The van der Waals surface area contributed by atoms with Crippen LogP contribution in [0, 0.1) is 17.8 Å². The Morgan fingerprint density at radius 2 is 1.71 bits per heavy atom. The van der Waals surface area contributed by atoms with Crippen LogP contribution in [0.15, 0.2) is 30.3 Å². The Bertz CT molecular complexity index is 603. The van der Waals surface area contributed by atoms with Crippen molar-refractivity contribution >= 4 is 11.8 Å². The van der Waals surface area contributed by atoms with Crippen LogP contribution in [0.2, 0.25) is 0 Å². The predicted octanol–water partition coefficient (Wildman–Crippen LogP) is 2.38. The van der Waals surface area contributed by atoms with E-state index >= 15 is 0 Å². The number of piperidine rings is 1. The fourth-order valence-electron chi connectivity index (χ4n) is 3.83. The topological polar surface area (TPSA) is 49.4 Å². The van der Waals surface area contributed by atoms with Gasteiger partial charge in [-0.05, 0) is 50.0 Å². The van der Waals surface area contributed by atoms with Gasteiger partial charge in [0.25, 0.3) is 0 Å². The quantitative estimate of drug-likeness (QED) is 0.903. The van der Waals surface area contributed by atoms with Gasteiger partial charge in [0.05, 0.1) is 11.8 Å². The average molecular weight is 326 g/mol. The summed E-state index contributed by atoms with van der Waals surface area (Å²) in [5.74, 6) is 0.887. The second kappa shape index (κ2) is 6.58. The molecule has 2 atom stereocenters. The maximum Gasteiger partial charge on any atom is 0.226 e. The third kappa shape index (κ3) is 3.63. The Hall–Kier alpha value is -1.84. The molecule has 1 aliphatic heterocycles. The van der Waals surface area contributed by atoms with E-state index < -0.39 is 0 Å². The summed E-state index contributed by atoms with van der Waals surface area (Å²) >= 11 is 0. The van der Waals surface area contributed by atoms with E-state index in [0.29, 0.717) is 12.0 Å². The van der Waals surface area contributed by atoms with Gasteiger partial charge in [0.15, 0.2) is 0 Å². The van der Waals surface area contributed by atoms with E-state index in [1.54, 1.807) is 0 Å². The summed E-state index contributed by atoms with van der Waals surface area (Å²) in [6.45, 7) is 1.70. The number of likely N-dealkylation sites (tertiary alicyclic amines) is 1. The lowest BCUT2D eigenvalue weighted by atomic mass is 9.90. The minimum absolute atomic E-state index is 0.0468. The molecular weight excluding hydrogens is 300 g/mol. The smallest absolute Gasteiger partial charge is 0.226 e. The van der Waals surface area contributed by atoms with Crippen molar-refractivity contribution in [3.05, 3.63) is 35.9 Å². The zero-order chi connectivity index (χ0) is 16.5. The minimum Gasteiger partial charge on any atom is -0.353 e. The summed E-state index contributed by atoms with van der Waals surface area (Å²) in [5.41, 5.74) is 1.39. The molecule has 0 spiro atoms. The molecule has 2 aliphatic carbocycles. The van der Waals surface area contributed by atoms with Crippen LogP contribution in [0.3, 0.4) is 0 Å². The van der Waals surface area contributed by atoms with Crippen molar-refractivity contribution in [3.63, 3.8) is 0 Å². The normalized spacial score (nSPS) is 26.9. The number of amides is 2. The van der Waals surface area contributed by atoms with Crippen LogP contribution in [-0.4, -0.2) is 35.8 Å². The Morgan fingerprint density at radius 3 is 2.38 bits per heavy atom. The van der Waals surface area contributed by atoms with Gasteiger partial charge in [-0.3, -0.25) is 9.59 Å². The number of nitrogens with one attached hydrogen (secondary N) is 1. The van der Waals surface area contributed by atoms with E-state index in [1.165, 1.54) is 5.56 Å². The first-order valence-electron chi connectivity index (χ1n) is 9.34. The second-order valence-corrected chi connectivity index (χ2v) is 7.69. The highest BCUT2D eigenvalue weighted by molar-refractivity contribution is 5.92. The van der Waals surface area contributed by atoms with Crippen molar-refractivity contribution in [2.75, 3.05) is 13.1 Å². The van der Waals surface area contributed by atoms with Gasteiger partial charge in [-0.15, -0.1) is 0 Å². The molecule has 0 aromatic heterocycles. The van der Waals surface area contributed by atoms with Crippen LogP contribution in [0.4, 0.5) is 0 Å². The van der Waals surface area contributed by atoms with E-state index in [-0.39, 0.29) is 23.7 Å². The van der Waals surface area contributed by atoms with Crippen LogP contribution in [0.1, 0.15) is 37.7 Å². The maximum absolute atomic E-state index is 12.6. The van der Waals surface area contributed by atoms with Gasteiger partial charge < -0.3 is 10.2 Å². The number of carbonyl (C=O) groups excluding carboxylic acids is 2. The van der Waals surface area contributed by atoms with E-state index in [9.17, 15) is 9.59 Å². The standard InChI is InChI=1S/C20H26N2O2/c23-19(21-16-6-7-16)17-13-18(17)20(24)22-10-8-15(9-11-22)12-14-4-2-1-3-5-14/h1-5,15-18H,6-13H2,(H,21,23). The summed E-state index contributed by atoms with van der Waals surface area (Å²) in [6.07, 6.45) is 6.22. The average Bonchev–Trinajstić information content (AvgIpc) is 3.50. The van der Waals surface area contributed by atoms with Crippen molar-refractivity contribution in [1.82, 2.24) is 10.2 Å². The highest BCUT2D eigenvalue weighted by atomic mass is 16.2. The maximum atomic E-state index is 12.6. The van der Waals surface area contributed by atoms with Gasteiger partial charge in [0.2, 0.25) is 11.8 Å². The first-order chi connectivity index (χ1) is 11.7.